The maximum Gasteiger partial charge on any atom is 0.140 e. The van der Waals surface area contributed by atoms with Crippen LogP contribution in [0.3, 0.4) is 0 Å². The van der Waals surface area contributed by atoms with Crippen molar-refractivity contribution in [3.8, 4) is 5.75 Å². The first-order valence-electron chi connectivity index (χ1n) is 5.96. The molecule has 1 aromatic carbocycles. The summed E-state index contributed by atoms with van der Waals surface area (Å²) in [5, 5.41) is 10.5. The number of benzene rings is 1. The van der Waals surface area contributed by atoms with Gasteiger partial charge in [-0.1, -0.05) is 0 Å². The molecule has 0 radical (unpaired) electrons. The highest BCUT2D eigenvalue weighted by Gasteiger charge is 2.17. The number of fused-ring (bicyclic) bond motifs is 1. The van der Waals surface area contributed by atoms with Gasteiger partial charge in [0.1, 0.15) is 17.4 Å². The number of aromatic nitrogens is 2. The Morgan fingerprint density at radius 3 is 2.71 bits per heavy atom. The number of aryl methyl sites for hydroxylation is 1. The topological polar surface area (TPSA) is 49.2 Å². The van der Waals surface area contributed by atoms with Crippen LogP contribution in [0.5, 0.6) is 5.75 Å². The number of phenols is 1. The largest absolute Gasteiger partial charge is 0.508 e. The third-order valence-corrected chi connectivity index (χ3v) is 3.18. The van der Waals surface area contributed by atoms with Crippen LogP contribution < -0.4 is 4.90 Å². The molecule has 2 aromatic rings. The molecule has 0 atom stereocenters. The first kappa shape index (κ1) is 10.3. The van der Waals surface area contributed by atoms with Crippen LogP contribution in [-0.2, 0) is 0 Å². The van der Waals surface area contributed by atoms with E-state index in [1.54, 1.807) is 12.1 Å². The van der Waals surface area contributed by atoms with E-state index in [-0.39, 0.29) is 5.75 Å². The molecule has 1 N–H and O–H groups in total. The normalized spacial score (nSPS) is 15.7. The molecule has 0 aliphatic carbocycles. The van der Waals surface area contributed by atoms with E-state index in [1.165, 1.54) is 12.8 Å². The molecule has 0 bridgehead atoms. The van der Waals surface area contributed by atoms with Gasteiger partial charge >= 0.3 is 0 Å². The van der Waals surface area contributed by atoms with Crippen molar-refractivity contribution in [2.75, 3.05) is 18.0 Å². The van der Waals surface area contributed by atoms with Crippen LogP contribution in [0.1, 0.15) is 18.7 Å². The van der Waals surface area contributed by atoms with Gasteiger partial charge in [0.05, 0.1) is 5.52 Å². The van der Waals surface area contributed by atoms with E-state index in [0.29, 0.717) is 0 Å². The number of aromatic hydroxyl groups is 1. The summed E-state index contributed by atoms with van der Waals surface area (Å²) in [5.74, 6) is 2.01. The second-order valence-corrected chi connectivity index (χ2v) is 4.49. The van der Waals surface area contributed by atoms with Crippen LogP contribution in [0.25, 0.3) is 10.9 Å². The Morgan fingerprint density at radius 2 is 1.94 bits per heavy atom. The number of hydrogen-bond acceptors (Lipinski definition) is 4. The molecule has 1 fully saturated rings. The van der Waals surface area contributed by atoms with Crippen molar-refractivity contribution in [2.24, 2.45) is 0 Å². The number of hydrogen-bond donors (Lipinski definition) is 1. The van der Waals surface area contributed by atoms with E-state index < -0.39 is 0 Å². The van der Waals surface area contributed by atoms with Crippen LogP contribution in [0.2, 0.25) is 0 Å². The van der Waals surface area contributed by atoms with Crippen LogP contribution >= 0.6 is 0 Å². The lowest BCUT2D eigenvalue weighted by Gasteiger charge is -2.18. The number of anilines is 1. The predicted molar refractivity (Wildman–Crippen MR) is 67.4 cm³/mol. The zero-order chi connectivity index (χ0) is 11.8. The van der Waals surface area contributed by atoms with Crippen molar-refractivity contribution in [1.29, 1.82) is 0 Å². The van der Waals surface area contributed by atoms with E-state index >= 15 is 0 Å². The molecule has 1 aliphatic rings. The Kier molecular flexibility index (Phi) is 2.35. The summed E-state index contributed by atoms with van der Waals surface area (Å²) in [6.07, 6.45) is 2.45. The summed E-state index contributed by atoms with van der Waals surface area (Å²) in [5.41, 5.74) is 0.819. The maximum absolute atomic E-state index is 9.50. The number of phenolic OH excluding ortho intramolecular Hbond substituents is 1. The summed E-state index contributed by atoms with van der Waals surface area (Å²) in [6.45, 7) is 4.02. The number of rotatable bonds is 1. The van der Waals surface area contributed by atoms with Gasteiger partial charge in [-0.05, 0) is 31.9 Å². The summed E-state index contributed by atoms with van der Waals surface area (Å²) in [6, 6.07) is 5.29. The van der Waals surface area contributed by atoms with Gasteiger partial charge in [0, 0.05) is 24.5 Å². The molecule has 0 amide bonds. The smallest absolute Gasteiger partial charge is 0.140 e. The zero-order valence-corrected chi connectivity index (χ0v) is 9.85. The number of nitrogens with zero attached hydrogens (tertiary/aromatic N) is 3. The fourth-order valence-corrected chi connectivity index (χ4v) is 2.38. The van der Waals surface area contributed by atoms with Gasteiger partial charge in [0.25, 0.3) is 0 Å². The predicted octanol–water partition coefficient (Wildman–Crippen LogP) is 2.24. The van der Waals surface area contributed by atoms with E-state index in [2.05, 4.69) is 14.9 Å². The Labute approximate surface area is 99.9 Å². The molecule has 0 saturated carbocycles. The minimum atomic E-state index is 0.253. The first-order chi connectivity index (χ1) is 8.24. The average molecular weight is 229 g/mol. The molecule has 1 aliphatic heterocycles. The lowest BCUT2D eigenvalue weighted by atomic mass is 10.2. The van der Waals surface area contributed by atoms with Crippen LogP contribution in [0.15, 0.2) is 18.2 Å². The molecule has 2 heterocycles. The molecule has 4 nitrogen and oxygen atoms in total. The Bertz CT molecular complexity index is 557. The molecule has 1 aromatic heterocycles. The molecular formula is C13H15N3O. The highest BCUT2D eigenvalue weighted by Crippen LogP contribution is 2.28. The van der Waals surface area contributed by atoms with Gasteiger partial charge < -0.3 is 10.0 Å². The van der Waals surface area contributed by atoms with E-state index in [9.17, 15) is 5.11 Å². The van der Waals surface area contributed by atoms with Crippen molar-refractivity contribution in [2.45, 2.75) is 19.8 Å². The Hall–Kier alpha value is -1.84. The molecule has 1 saturated heterocycles. The lowest BCUT2D eigenvalue weighted by molar-refractivity contribution is 0.476. The van der Waals surface area contributed by atoms with Crippen molar-refractivity contribution < 1.29 is 5.11 Å². The monoisotopic (exact) mass is 229 g/mol. The van der Waals surface area contributed by atoms with Crippen molar-refractivity contribution in [1.82, 2.24) is 9.97 Å². The van der Waals surface area contributed by atoms with Crippen molar-refractivity contribution in [3.05, 3.63) is 24.0 Å². The third kappa shape index (κ3) is 1.79. The molecule has 3 rings (SSSR count). The SMILES string of the molecule is Cc1nc(N2CCCC2)c2ccc(O)cc2n1. The van der Waals surface area contributed by atoms with Gasteiger partial charge in [0.2, 0.25) is 0 Å². The minimum absolute atomic E-state index is 0.253. The first-order valence-corrected chi connectivity index (χ1v) is 5.96. The molecular weight excluding hydrogens is 214 g/mol. The summed E-state index contributed by atoms with van der Waals surface area (Å²) >= 11 is 0. The van der Waals surface area contributed by atoms with Gasteiger partial charge in [-0.2, -0.15) is 0 Å². The Balaban J connectivity index is 2.21. The third-order valence-electron chi connectivity index (χ3n) is 3.18. The highest BCUT2D eigenvalue weighted by molar-refractivity contribution is 5.90. The summed E-state index contributed by atoms with van der Waals surface area (Å²) in [4.78, 5) is 11.2. The van der Waals surface area contributed by atoms with Gasteiger partial charge in [-0.25, -0.2) is 9.97 Å². The zero-order valence-electron chi connectivity index (χ0n) is 9.85. The molecule has 0 unspecified atom stereocenters. The fourth-order valence-electron chi connectivity index (χ4n) is 2.38. The molecule has 0 spiro atoms. The molecule has 17 heavy (non-hydrogen) atoms. The Morgan fingerprint density at radius 1 is 1.18 bits per heavy atom. The molecule has 88 valence electrons. The van der Waals surface area contributed by atoms with Crippen LogP contribution in [0.4, 0.5) is 5.82 Å². The van der Waals surface area contributed by atoms with E-state index in [4.69, 9.17) is 0 Å². The van der Waals surface area contributed by atoms with Crippen LogP contribution in [0, 0.1) is 6.92 Å². The van der Waals surface area contributed by atoms with E-state index in [0.717, 1.165) is 35.6 Å². The standard InChI is InChI=1S/C13H15N3O/c1-9-14-12-8-10(17)4-5-11(12)13(15-9)16-6-2-3-7-16/h4-5,8,17H,2-3,6-7H2,1H3. The highest BCUT2D eigenvalue weighted by atomic mass is 16.3. The maximum atomic E-state index is 9.50. The van der Waals surface area contributed by atoms with Crippen molar-refractivity contribution >= 4 is 16.7 Å². The van der Waals surface area contributed by atoms with Gasteiger partial charge in [-0.15, -0.1) is 0 Å². The second kappa shape index (κ2) is 3.87. The molecule has 4 heteroatoms. The second-order valence-electron chi connectivity index (χ2n) is 4.49. The van der Waals surface area contributed by atoms with Crippen LogP contribution in [-0.4, -0.2) is 28.2 Å². The lowest BCUT2D eigenvalue weighted by Crippen LogP contribution is -2.20. The minimum Gasteiger partial charge on any atom is -0.508 e. The van der Waals surface area contributed by atoms with Gasteiger partial charge in [-0.3, -0.25) is 0 Å². The quantitative estimate of drug-likeness (QED) is 0.814. The summed E-state index contributed by atoms with van der Waals surface area (Å²) in [7, 11) is 0. The van der Waals surface area contributed by atoms with Crippen molar-refractivity contribution in [3.63, 3.8) is 0 Å². The summed E-state index contributed by atoms with van der Waals surface area (Å²) < 4.78 is 0. The van der Waals surface area contributed by atoms with E-state index in [1.807, 2.05) is 13.0 Å². The van der Waals surface area contributed by atoms with Gasteiger partial charge in [0.15, 0.2) is 0 Å². The fraction of sp³-hybridized carbons (Fsp3) is 0.385. The average Bonchev–Trinajstić information content (AvgIpc) is 2.80.